The van der Waals surface area contributed by atoms with E-state index in [1.807, 2.05) is 0 Å². The van der Waals surface area contributed by atoms with Crippen molar-refractivity contribution in [2.45, 2.75) is 23.9 Å². The van der Waals surface area contributed by atoms with Crippen molar-refractivity contribution in [2.75, 3.05) is 4.72 Å². The van der Waals surface area contributed by atoms with E-state index in [9.17, 15) is 8.42 Å². The molecule has 1 N–H and O–H groups in total. The first-order valence-corrected chi connectivity index (χ1v) is 7.91. The number of rotatable bonds is 4. The maximum Gasteiger partial charge on any atom is 0.296 e. The smallest absolute Gasteiger partial charge is 0.296 e. The molecule has 3 rings (SSSR count). The van der Waals surface area contributed by atoms with Gasteiger partial charge >= 0.3 is 0 Å². The Hall–Kier alpha value is -1.41. The highest BCUT2D eigenvalue weighted by Gasteiger charge is 2.27. The molecular weight excluding hydrogens is 334 g/mol. The Balaban J connectivity index is 1.82. The molecule has 0 unspecified atom stereocenters. The Kier molecular flexibility index (Phi) is 3.06. The van der Waals surface area contributed by atoms with Gasteiger partial charge in [-0.3, -0.25) is 4.72 Å². The number of hydrogen-bond donors (Lipinski definition) is 1. The van der Waals surface area contributed by atoms with Crippen LogP contribution in [0.25, 0.3) is 0 Å². The van der Waals surface area contributed by atoms with Crippen molar-refractivity contribution < 1.29 is 12.8 Å². The molecule has 0 bridgehead atoms. The number of sulfonamides is 1. The molecule has 8 heteroatoms. The van der Waals surface area contributed by atoms with E-state index in [0.29, 0.717) is 16.1 Å². The monoisotopic (exact) mass is 343 g/mol. The lowest BCUT2D eigenvalue weighted by Gasteiger charge is -2.05. The molecule has 0 radical (unpaired) electrons. The molecule has 0 amide bonds. The van der Waals surface area contributed by atoms with Crippen molar-refractivity contribution in [3.05, 3.63) is 35.0 Å². The molecule has 0 saturated heterocycles. The second kappa shape index (κ2) is 4.61. The minimum Gasteiger partial charge on any atom is -0.450 e. The molecule has 0 aliphatic heterocycles. The molecule has 2 heterocycles. The first-order chi connectivity index (χ1) is 9.06. The molecule has 6 nitrogen and oxygen atoms in total. The van der Waals surface area contributed by atoms with Gasteiger partial charge in [-0.05, 0) is 34.8 Å². The normalized spacial score (nSPS) is 15.4. The minimum atomic E-state index is -3.76. The molecule has 1 aliphatic carbocycles. The van der Waals surface area contributed by atoms with Gasteiger partial charge in [0.1, 0.15) is 5.82 Å². The van der Waals surface area contributed by atoms with Crippen LogP contribution in [0.15, 0.2) is 38.7 Å². The Morgan fingerprint density at radius 1 is 1.32 bits per heavy atom. The van der Waals surface area contributed by atoms with Crippen LogP contribution in [0.5, 0.6) is 0 Å². The summed E-state index contributed by atoms with van der Waals surface area (Å²) in [6.07, 6.45) is 6.43. The average molecular weight is 344 g/mol. The van der Waals surface area contributed by atoms with Crippen LogP contribution in [-0.2, 0) is 10.0 Å². The first kappa shape index (κ1) is 12.6. The molecule has 2 aromatic heterocycles. The standard InChI is InChI=1S/C11H10BrN3O3S/c12-9-3-4-18-11(9)19(16,17)15-8-5-13-10(14-6-8)7-1-2-7/h3-7,15H,1-2H2. The summed E-state index contributed by atoms with van der Waals surface area (Å²) in [6.45, 7) is 0. The Bertz CT molecular complexity index is 692. The fourth-order valence-electron chi connectivity index (χ4n) is 1.62. The van der Waals surface area contributed by atoms with Crippen LogP contribution in [0.1, 0.15) is 24.6 Å². The third-order valence-corrected chi connectivity index (χ3v) is 4.89. The second-order valence-electron chi connectivity index (χ2n) is 4.27. The second-order valence-corrected chi connectivity index (χ2v) is 6.70. The van der Waals surface area contributed by atoms with Crippen molar-refractivity contribution in [1.29, 1.82) is 0 Å². The quantitative estimate of drug-likeness (QED) is 0.921. The van der Waals surface area contributed by atoms with E-state index in [1.54, 1.807) is 0 Å². The fourth-order valence-corrected chi connectivity index (χ4v) is 3.47. The molecule has 1 fully saturated rings. The van der Waals surface area contributed by atoms with E-state index < -0.39 is 10.0 Å². The highest BCUT2D eigenvalue weighted by molar-refractivity contribution is 9.10. The van der Waals surface area contributed by atoms with Gasteiger partial charge < -0.3 is 4.42 Å². The molecule has 0 aromatic carbocycles. The lowest BCUT2D eigenvalue weighted by molar-refractivity contribution is 0.449. The van der Waals surface area contributed by atoms with Crippen molar-refractivity contribution in [3.8, 4) is 0 Å². The van der Waals surface area contributed by atoms with Gasteiger partial charge in [-0.2, -0.15) is 8.42 Å². The predicted octanol–water partition coefficient (Wildman–Crippen LogP) is 2.51. The Morgan fingerprint density at radius 2 is 2.00 bits per heavy atom. The van der Waals surface area contributed by atoms with Crippen LogP contribution in [-0.4, -0.2) is 18.4 Å². The van der Waals surface area contributed by atoms with Crippen LogP contribution >= 0.6 is 15.9 Å². The predicted molar refractivity (Wildman–Crippen MR) is 71.2 cm³/mol. The summed E-state index contributed by atoms with van der Waals surface area (Å²) in [5, 5.41) is -0.168. The van der Waals surface area contributed by atoms with Gasteiger partial charge in [0.25, 0.3) is 15.1 Å². The molecule has 19 heavy (non-hydrogen) atoms. The van der Waals surface area contributed by atoms with E-state index >= 15 is 0 Å². The third-order valence-electron chi connectivity index (χ3n) is 2.70. The van der Waals surface area contributed by atoms with E-state index in [-0.39, 0.29) is 5.09 Å². The molecular formula is C11H10BrN3O3S. The van der Waals surface area contributed by atoms with Gasteiger partial charge in [-0.25, -0.2) is 9.97 Å². The van der Waals surface area contributed by atoms with E-state index in [0.717, 1.165) is 18.7 Å². The number of halogens is 1. The lowest BCUT2D eigenvalue weighted by atomic mass is 10.4. The van der Waals surface area contributed by atoms with Crippen LogP contribution in [0.3, 0.4) is 0 Å². The van der Waals surface area contributed by atoms with Gasteiger partial charge in [-0.1, -0.05) is 0 Å². The summed E-state index contributed by atoms with van der Waals surface area (Å²) in [5.41, 5.74) is 0.313. The largest absolute Gasteiger partial charge is 0.450 e. The number of hydrogen-bond acceptors (Lipinski definition) is 5. The van der Waals surface area contributed by atoms with Crippen LogP contribution in [0.4, 0.5) is 5.69 Å². The maximum atomic E-state index is 12.0. The zero-order chi connectivity index (χ0) is 13.5. The van der Waals surface area contributed by atoms with Crippen LogP contribution < -0.4 is 4.72 Å². The van der Waals surface area contributed by atoms with E-state index in [1.165, 1.54) is 24.7 Å². The highest BCUT2D eigenvalue weighted by atomic mass is 79.9. The molecule has 100 valence electrons. The van der Waals surface area contributed by atoms with Crippen LogP contribution in [0.2, 0.25) is 0 Å². The minimum absolute atomic E-state index is 0.168. The lowest BCUT2D eigenvalue weighted by Crippen LogP contribution is -2.13. The van der Waals surface area contributed by atoms with E-state index in [2.05, 4.69) is 30.6 Å². The average Bonchev–Trinajstić information content (AvgIpc) is 3.11. The molecule has 0 spiro atoms. The van der Waals surface area contributed by atoms with E-state index in [4.69, 9.17) is 4.42 Å². The summed E-state index contributed by atoms with van der Waals surface area (Å²) < 4.78 is 31.7. The van der Waals surface area contributed by atoms with Gasteiger partial charge in [0, 0.05) is 5.92 Å². The summed E-state index contributed by atoms with van der Waals surface area (Å²) in [6, 6.07) is 1.52. The van der Waals surface area contributed by atoms with Crippen molar-refractivity contribution >= 4 is 31.6 Å². The van der Waals surface area contributed by atoms with Gasteiger partial charge in [-0.15, -0.1) is 0 Å². The summed E-state index contributed by atoms with van der Waals surface area (Å²) >= 11 is 3.11. The summed E-state index contributed by atoms with van der Waals surface area (Å²) in [5.74, 6) is 1.20. The number of nitrogens with one attached hydrogen (secondary N) is 1. The maximum absolute atomic E-state index is 12.0. The van der Waals surface area contributed by atoms with Crippen molar-refractivity contribution in [1.82, 2.24) is 9.97 Å². The summed E-state index contributed by atoms with van der Waals surface area (Å²) in [4.78, 5) is 8.30. The molecule has 0 atom stereocenters. The van der Waals surface area contributed by atoms with Crippen molar-refractivity contribution in [2.24, 2.45) is 0 Å². The number of anilines is 1. The third kappa shape index (κ3) is 2.64. The number of aromatic nitrogens is 2. The Morgan fingerprint density at radius 3 is 2.53 bits per heavy atom. The van der Waals surface area contributed by atoms with Gasteiger partial charge in [0.05, 0.1) is 28.8 Å². The first-order valence-electron chi connectivity index (χ1n) is 5.64. The van der Waals surface area contributed by atoms with Crippen LogP contribution in [0, 0.1) is 0 Å². The zero-order valence-corrected chi connectivity index (χ0v) is 12.1. The summed E-state index contributed by atoms with van der Waals surface area (Å²) in [7, 11) is -3.76. The Labute approximate surface area is 118 Å². The van der Waals surface area contributed by atoms with Gasteiger partial charge in [0.2, 0.25) is 0 Å². The zero-order valence-electron chi connectivity index (χ0n) is 9.71. The number of furan rings is 1. The molecule has 1 saturated carbocycles. The molecule has 1 aliphatic rings. The highest BCUT2D eigenvalue weighted by Crippen LogP contribution is 2.37. The SMILES string of the molecule is O=S(=O)(Nc1cnc(C2CC2)nc1)c1occc1Br. The molecule has 2 aromatic rings. The number of nitrogens with zero attached hydrogens (tertiary/aromatic N) is 2. The van der Waals surface area contributed by atoms with Crippen molar-refractivity contribution in [3.63, 3.8) is 0 Å². The topological polar surface area (TPSA) is 85.1 Å². The fraction of sp³-hybridized carbons (Fsp3) is 0.273. The van der Waals surface area contributed by atoms with Gasteiger partial charge in [0.15, 0.2) is 0 Å².